The van der Waals surface area contributed by atoms with E-state index in [0.717, 1.165) is 84.9 Å². The molecule has 2 aromatic carbocycles. The van der Waals surface area contributed by atoms with Gasteiger partial charge in [0, 0.05) is 47.7 Å². The first-order valence-electron chi connectivity index (χ1n) is 14.5. The maximum absolute atomic E-state index is 12.6. The van der Waals surface area contributed by atoms with E-state index in [4.69, 9.17) is 26.3 Å². The van der Waals surface area contributed by atoms with Gasteiger partial charge in [0.2, 0.25) is 0 Å². The molecule has 7 rings (SSSR count). The molecule has 4 aliphatic rings. The molecule has 0 amide bonds. The third kappa shape index (κ3) is 4.34. The van der Waals surface area contributed by atoms with Crippen molar-refractivity contribution in [3.05, 3.63) is 65.3 Å². The molecule has 1 saturated carbocycles. The molecule has 3 aromatic rings. The number of ether oxygens (including phenoxy) is 1. The second-order valence-corrected chi connectivity index (χ2v) is 12.4. The van der Waals surface area contributed by atoms with Gasteiger partial charge >= 0.3 is 6.01 Å². The van der Waals surface area contributed by atoms with Crippen LogP contribution in [0.4, 0.5) is 11.5 Å². The second-order valence-electron chi connectivity index (χ2n) is 12.0. The second kappa shape index (κ2) is 10.0. The molecule has 1 aliphatic carbocycles. The third-order valence-electron chi connectivity index (χ3n) is 9.75. The number of halogens is 1. The Morgan fingerprint density at radius 3 is 2.80 bits per heavy atom. The van der Waals surface area contributed by atoms with Crippen molar-refractivity contribution < 1.29 is 9.53 Å². The molecular formula is C32H36ClN5O2. The summed E-state index contributed by atoms with van der Waals surface area (Å²) in [5.74, 6) is 1.56. The van der Waals surface area contributed by atoms with Crippen LogP contribution in [0.15, 0.2) is 49.1 Å². The lowest BCUT2D eigenvalue weighted by Gasteiger charge is -2.36. The monoisotopic (exact) mass is 557 g/mol. The van der Waals surface area contributed by atoms with Gasteiger partial charge in [-0.3, -0.25) is 4.79 Å². The van der Waals surface area contributed by atoms with Gasteiger partial charge in [-0.1, -0.05) is 42.4 Å². The van der Waals surface area contributed by atoms with E-state index >= 15 is 0 Å². The number of fused-ring (bicyclic) bond motifs is 3. The number of likely N-dealkylation sites (N-methyl/N-ethyl adjacent to an activating group) is 1. The van der Waals surface area contributed by atoms with E-state index in [9.17, 15) is 4.79 Å². The summed E-state index contributed by atoms with van der Waals surface area (Å²) in [5, 5.41) is 2.99. The van der Waals surface area contributed by atoms with Crippen molar-refractivity contribution >= 4 is 39.7 Å². The largest absolute Gasteiger partial charge is 0.462 e. The lowest BCUT2D eigenvalue weighted by Crippen LogP contribution is -2.40. The van der Waals surface area contributed by atoms with E-state index < -0.39 is 0 Å². The van der Waals surface area contributed by atoms with Gasteiger partial charge in [-0.2, -0.15) is 9.97 Å². The summed E-state index contributed by atoms with van der Waals surface area (Å²) in [6.45, 7) is 8.64. The predicted octanol–water partition coefficient (Wildman–Crippen LogP) is 5.29. The molecule has 2 saturated heterocycles. The van der Waals surface area contributed by atoms with Crippen molar-refractivity contribution in [3.8, 4) is 6.01 Å². The zero-order chi connectivity index (χ0) is 27.4. The van der Waals surface area contributed by atoms with Crippen molar-refractivity contribution in [1.82, 2.24) is 14.9 Å². The van der Waals surface area contributed by atoms with Crippen molar-refractivity contribution in [2.24, 2.45) is 11.3 Å². The lowest BCUT2D eigenvalue weighted by molar-refractivity contribution is -0.120. The predicted molar refractivity (Wildman–Crippen MR) is 159 cm³/mol. The first-order chi connectivity index (χ1) is 19.5. The Balaban J connectivity index is 1.21. The molecule has 3 atom stereocenters. The van der Waals surface area contributed by atoms with Crippen LogP contribution in [0.2, 0.25) is 5.02 Å². The number of hydrogen-bond acceptors (Lipinski definition) is 7. The van der Waals surface area contributed by atoms with E-state index in [0.29, 0.717) is 31.1 Å². The number of aromatic nitrogens is 2. The summed E-state index contributed by atoms with van der Waals surface area (Å²) < 4.78 is 6.30. The number of likely N-dealkylation sites (tertiary alicyclic amines) is 1. The molecule has 7 nitrogen and oxygen atoms in total. The molecule has 0 radical (unpaired) electrons. The molecule has 0 spiro atoms. The maximum atomic E-state index is 12.6. The standard InChI is InChI=1S/C32H36ClN5O2/c1-3-28(39)32-13-16-38(18-22(32)17-32)30-24-12-15-37(27-11-5-8-21-7-4-10-25(33)29(21)27)19-26(24)34-31(35-30)40-20-23-9-6-14-36(23)2/h3-5,7-8,10-11,22-23H,1,6,9,12-20H2,2H3/t22-,23-,32+/m0/s1. The molecule has 1 aromatic heterocycles. The molecule has 0 bridgehead atoms. The Morgan fingerprint density at radius 2 is 2.02 bits per heavy atom. The van der Waals surface area contributed by atoms with Gasteiger partial charge in [0.25, 0.3) is 0 Å². The highest BCUT2D eigenvalue weighted by Crippen LogP contribution is 2.59. The van der Waals surface area contributed by atoms with Gasteiger partial charge in [-0.25, -0.2) is 0 Å². The van der Waals surface area contributed by atoms with Crippen molar-refractivity contribution in [1.29, 1.82) is 0 Å². The van der Waals surface area contributed by atoms with E-state index in [1.165, 1.54) is 18.1 Å². The molecule has 0 unspecified atom stereocenters. The van der Waals surface area contributed by atoms with E-state index in [2.05, 4.69) is 52.6 Å². The molecule has 40 heavy (non-hydrogen) atoms. The SMILES string of the molecule is C=CC(=O)[C@@]12CCN(c3nc(OC[C@@H]4CCCN4C)nc4c3CCN(c3cccc5cccc(Cl)c35)C4)C[C@@H]1C2. The number of ketones is 1. The fraction of sp³-hybridized carbons (Fsp3) is 0.469. The molecule has 0 N–H and O–H groups in total. The van der Waals surface area contributed by atoms with Crippen LogP contribution >= 0.6 is 11.6 Å². The highest BCUT2D eigenvalue weighted by molar-refractivity contribution is 6.36. The minimum atomic E-state index is -0.192. The van der Waals surface area contributed by atoms with Gasteiger partial charge in [0.1, 0.15) is 12.4 Å². The van der Waals surface area contributed by atoms with E-state index in [1.54, 1.807) is 0 Å². The van der Waals surface area contributed by atoms with Crippen LogP contribution in [0.3, 0.4) is 0 Å². The fourth-order valence-corrected chi connectivity index (χ4v) is 7.54. The molecule has 8 heteroatoms. The Labute approximate surface area is 240 Å². The zero-order valence-electron chi connectivity index (χ0n) is 23.1. The first-order valence-corrected chi connectivity index (χ1v) is 14.9. The first kappa shape index (κ1) is 25.8. The average molecular weight is 558 g/mol. The van der Waals surface area contributed by atoms with Gasteiger partial charge in [0.15, 0.2) is 5.78 Å². The minimum Gasteiger partial charge on any atom is -0.462 e. The number of carbonyl (C=O) groups excluding carboxylic acids is 1. The molecule has 3 fully saturated rings. The fourth-order valence-electron chi connectivity index (χ4n) is 7.26. The number of rotatable bonds is 7. The summed E-state index contributed by atoms with van der Waals surface area (Å²) >= 11 is 6.70. The summed E-state index contributed by atoms with van der Waals surface area (Å²) in [5.41, 5.74) is 3.16. The highest BCUT2D eigenvalue weighted by Gasteiger charge is 2.60. The molecule has 208 valence electrons. The van der Waals surface area contributed by atoms with Crippen LogP contribution in [-0.4, -0.2) is 66.5 Å². The van der Waals surface area contributed by atoms with Crippen molar-refractivity contribution in [2.45, 2.75) is 44.7 Å². The average Bonchev–Trinajstić information content (AvgIpc) is 3.59. The highest BCUT2D eigenvalue weighted by atomic mass is 35.5. The topological polar surface area (TPSA) is 61.8 Å². The summed E-state index contributed by atoms with van der Waals surface area (Å²) in [7, 11) is 2.16. The Morgan fingerprint density at radius 1 is 1.18 bits per heavy atom. The quantitative estimate of drug-likeness (QED) is 0.366. The number of hydrogen-bond donors (Lipinski definition) is 0. The van der Waals surface area contributed by atoms with Crippen LogP contribution in [0.25, 0.3) is 10.8 Å². The van der Waals surface area contributed by atoms with Crippen molar-refractivity contribution in [3.63, 3.8) is 0 Å². The van der Waals surface area contributed by atoms with Gasteiger partial charge in [-0.05, 0) is 75.2 Å². The zero-order valence-corrected chi connectivity index (χ0v) is 23.9. The van der Waals surface area contributed by atoms with E-state index in [-0.39, 0.29) is 11.2 Å². The van der Waals surface area contributed by atoms with Crippen LogP contribution in [-0.2, 0) is 17.8 Å². The van der Waals surface area contributed by atoms with Gasteiger partial charge < -0.3 is 19.4 Å². The smallest absolute Gasteiger partial charge is 0.318 e. The van der Waals surface area contributed by atoms with Crippen molar-refractivity contribution in [2.75, 3.05) is 49.6 Å². The Bertz CT molecular complexity index is 1490. The lowest BCUT2D eigenvalue weighted by atomic mass is 9.90. The van der Waals surface area contributed by atoms with Gasteiger partial charge in [-0.15, -0.1) is 0 Å². The molecule has 4 heterocycles. The van der Waals surface area contributed by atoms with Crippen LogP contribution in [0.5, 0.6) is 6.01 Å². The number of anilines is 2. The molecule has 3 aliphatic heterocycles. The van der Waals surface area contributed by atoms with Crippen LogP contribution in [0.1, 0.15) is 36.9 Å². The van der Waals surface area contributed by atoms with Crippen LogP contribution in [0, 0.1) is 11.3 Å². The van der Waals surface area contributed by atoms with Gasteiger partial charge in [0.05, 0.1) is 17.3 Å². The maximum Gasteiger partial charge on any atom is 0.318 e. The summed E-state index contributed by atoms with van der Waals surface area (Å²) in [4.78, 5) is 29.7. The third-order valence-corrected chi connectivity index (χ3v) is 10.1. The number of allylic oxidation sites excluding steroid dienone is 1. The number of piperidine rings is 1. The number of benzene rings is 2. The Hall–Kier alpha value is -3.16. The Kier molecular flexibility index (Phi) is 6.47. The molecular weight excluding hydrogens is 522 g/mol. The minimum absolute atomic E-state index is 0.192. The number of nitrogens with zero attached hydrogens (tertiary/aromatic N) is 5. The van der Waals surface area contributed by atoms with Crippen LogP contribution < -0.4 is 14.5 Å². The van der Waals surface area contributed by atoms with E-state index in [1.807, 2.05) is 12.1 Å². The number of carbonyl (C=O) groups is 1. The normalized spacial score (nSPS) is 25.9. The summed E-state index contributed by atoms with van der Waals surface area (Å²) in [6.07, 6.45) is 6.50. The summed E-state index contributed by atoms with van der Waals surface area (Å²) in [6, 6.07) is 13.3.